The van der Waals surface area contributed by atoms with Gasteiger partial charge < -0.3 is 33.2 Å². The third-order valence-corrected chi connectivity index (χ3v) is 4.07. The van der Waals surface area contributed by atoms with E-state index in [1.165, 1.54) is 18.2 Å². The highest BCUT2D eigenvalue weighted by molar-refractivity contribution is 5.82. The zero-order valence-electron chi connectivity index (χ0n) is 17.2. The highest BCUT2D eigenvalue weighted by Crippen LogP contribution is 2.37. The van der Waals surface area contributed by atoms with Crippen molar-refractivity contribution in [3.63, 3.8) is 0 Å². The third-order valence-electron chi connectivity index (χ3n) is 4.07. The van der Waals surface area contributed by atoms with E-state index in [0.29, 0.717) is 0 Å². The van der Waals surface area contributed by atoms with Gasteiger partial charge >= 0.3 is 24.4 Å². The summed E-state index contributed by atoms with van der Waals surface area (Å²) >= 11 is 0. The zero-order valence-corrected chi connectivity index (χ0v) is 17.2. The Morgan fingerprint density at radius 2 is 1.32 bits per heavy atom. The molecule has 1 aliphatic carbocycles. The Hall–Kier alpha value is -3.50. The number of ether oxygens (including phenoxy) is 7. The molecule has 172 valence electrons. The van der Waals surface area contributed by atoms with E-state index in [2.05, 4.69) is 19.7 Å². The highest BCUT2D eigenvalue weighted by Gasteiger charge is 2.53. The molecular formula is C20H26O11. The average Bonchev–Trinajstić information content (AvgIpc) is 2.75. The topological polar surface area (TPSA) is 133 Å². The van der Waals surface area contributed by atoms with Crippen LogP contribution in [0.1, 0.15) is 19.3 Å². The summed E-state index contributed by atoms with van der Waals surface area (Å²) in [7, 11) is 1.10. The predicted octanol–water partition coefficient (Wildman–Crippen LogP) is 2.84. The molecule has 0 aromatic rings. The van der Waals surface area contributed by atoms with Crippen molar-refractivity contribution in [2.45, 2.75) is 37.1 Å². The Balaban J connectivity index is 3.06. The maximum atomic E-state index is 12.5. The molecule has 0 unspecified atom stereocenters. The molecular weight excluding hydrogens is 416 g/mol. The van der Waals surface area contributed by atoms with Gasteiger partial charge in [-0.15, -0.1) is 0 Å². The molecule has 0 spiro atoms. The molecule has 0 bridgehead atoms. The lowest BCUT2D eigenvalue weighted by Gasteiger charge is -2.40. The minimum Gasteiger partial charge on any atom is -0.466 e. The monoisotopic (exact) mass is 442 g/mol. The molecule has 11 heteroatoms. The minimum absolute atomic E-state index is 0.0353. The molecule has 1 aliphatic rings. The second-order valence-corrected chi connectivity index (χ2v) is 6.19. The number of hydrogen-bond acceptors (Lipinski definition) is 11. The molecule has 11 nitrogen and oxygen atoms in total. The normalized spacial score (nSPS) is 22.1. The summed E-state index contributed by atoms with van der Waals surface area (Å²) in [5.74, 6) is -0.899. The second-order valence-electron chi connectivity index (χ2n) is 6.19. The van der Waals surface area contributed by atoms with Crippen molar-refractivity contribution in [3.05, 3.63) is 38.0 Å². The Bertz CT molecular complexity index is 687. The van der Waals surface area contributed by atoms with Crippen LogP contribution in [0.25, 0.3) is 0 Å². The fourth-order valence-corrected chi connectivity index (χ4v) is 2.76. The van der Waals surface area contributed by atoms with Crippen LogP contribution in [0.2, 0.25) is 0 Å². The molecule has 0 amide bonds. The Labute approximate surface area is 179 Å². The van der Waals surface area contributed by atoms with E-state index in [1.807, 2.05) is 0 Å². The minimum atomic E-state index is -1.85. The molecule has 0 aromatic carbocycles. The van der Waals surface area contributed by atoms with Crippen molar-refractivity contribution in [1.29, 1.82) is 0 Å². The maximum Gasteiger partial charge on any atom is 0.509 e. The number of esters is 1. The summed E-state index contributed by atoms with van der Waals surface area (Å²) in [6, 6.07) is 0. The molecule has 0 saturated heterocycles. The van der Waals surface area contributed by atoms with Crippen LogP contribution >= 0.6 is 0 Å². The van der Waals surface area contributed by atoms with Gasteiger partial charge in [-0.05, 0) is 6.42 Å². The lowest BCUT2D eigenvalue weighted by atomic mass is 9.81. The Morgan fingerprint density at radius 1 is 0.839 bits per heavy atom. The van der Waals surface area contributed by atoms with Crippen molar-refractivity contribution in [3.8, 4) is 0 Å². The van der Waals surface area contributed by atoms with Gasteiger partial charge in [0.1, 0.15) is 32.0 Å². The largest absolute Gasteiger partial charge is 0.509 e. The van der Waals surface area contributed by atoms with E-state index in [0.717, 1.165) is 7.11 Å². The van der Waals surface area contributed by atoms with Crippen molar-refractivity contribution in [1.82, 2.24) is 0 Å². The molecule has 0 aliphatic heterocycles. The summed E-state index contributed by atoms with van der Waals surface area (Å²) in [6.07, 6.45) is -2.08. The first kappa shape index (κ1) is 25.5. The predicted molar refractivity (Wildman–Crippen MR) is 104 cm³/mol. The number of carbonyl (C=O) groups is 4. The van der Waals surface area contributed by atoms with Crippen LogP contribution in [0.15, 0.2) is 38.0 Å². The van der Waals surface area contributed by atoms with E-state index in [1.54, 1.807) is 0 Å². The van der Waals surface area contributed by atoms with E-state index in [-0.39, 0.29) is 39.1 Å². The van der Waals surface area contributed by atoms with Crippen LogP contribution in [0.5, 0.6) is 0 Å². The lowest BCUT2D eigenvalue weighted by molar-refractivity contribution is -0.181. The van der Waals surface area contributed by atoms with E-state index in [4.69, 9.17) is 33.2 Å². The number of rotatable bonds is 10. The molecule has 31 heavy (non-hydrogen) atoms. The van der Waals surface area contributed by atoms with Gasteiger partial charge in [-0.25, -0.2) is 19.2 Å². The summed E-state index contributed by atoms with van der Waals surface area (Å²) in [6.45, 7) is 9.86. The smallest absolute Gasteiger partial charge is 0.466 e. The molecule has 0 N–H and O–H groups in total. The molecule has 0 heterocycles. The van der Waals surface area contributed by atoms with Gasteiger partial charge in [0.15, 0.2) is 0 Å². The fourth-order valence-electron chi connectivity index (χ4n) is 2.76. The van der Waals surface area contributed by atoms with Gasteiger partial charge in [0.2, 0.25) is 5.60 Å². The fraction of sp³-hybridized carbons (Fsp3) is 0.500. The zero-order chi connectivity index (χ0) is 23.3. The second kappa shape index (κ2) is 12.9. The van der Waals surface area contributed by atoms with Crippen molar-refractivity contribution in [2.75, 3.05) is 26.9 Å². The summed E-state index contributed by atoms with van der Waals surface area (Å²) in [5, 5.41) is 0. The standard InChI is InChI=1S/C20H26O11/c1-5-10-26-17(22)29-14-8-9-20(16(21)25-4,31-19(24)28-12-7-3)13-15(14)30-18(23)27-11-6-2/h5-7,14-15H,1-3,8-13H2,4H3/t14-,15+,20+/m0/s1. The maximum absolute atomic E-state index is 12.5. The van der Waals surface area contributed by atoms with Gasteiger partial charge in [0, 0.05) is 12.8 Å². The highest BCUT2D eigenvalue weighted by atomic mass is 16.8. The number of carbonyl (C=O) groups excluding carboxylic acids is 4. The summed E-state index contributed by atoms with van der Waals surface area (Å²) < 4.78 is 34.7. The molecule has 1 saturated carbocycles. The van der Waals surface area contributed by atoms with E-state index < -0.39 is 42.2 Å². The van der Waals surface area contributed by atoms with Gasteiger partial charge in [0.25, 0.3) is 0 Å². The quantitative estimate of drug-likeness (QED) is 0.281. The molecule has 3 atom stereocenters. The van der Waals surface area contributed by atoms with Gasteiger partial charge in [0.05, 0.1) is 7.11 Å². The molecule has 1 rings (SSSR count). The van der Waals surface area contributed by atoms with Crippen LogP contribution in [-0.2, 0) is 38.0 Å². The SMILES string of the molecule is C=CCOC(=O)O[C@H]1CC[C@](OC(=O)OCC=C)(C(=O)OC)C[C@H]1OC(=O)OCC=C. The Morgan fingerprint density at radius 3 is 1.81 bits per heavy atom. The van der Waals surface area contributed by atoms with Crippen molar-refractivity contribution in [2.24, 2.45) is 0 Å². The molecule has 0 radical (unpaired) electrons. The first-order valence-electron chi connectivity index (χ1n) is 9.25. The van der Waals surface area contributed by atoms with E-state index in [9.17, 15) is 19.2 Å². The number of methoxy groups -OCH3 is 1. The molecule has 0 aromatic heterocycles. The third kappa shape index (κ3) is 8.03. The van der Waals surface area contributed by atoms with E-state index >= 15 is 0 Å². The summed E-state index contributed by atoms with van der Waals surface area (Å²) in [5.41, 5.74) is -1.85. The van der Waals surface area contributed by atoms with Crippen LogP contribution in [0, 0.1) is 0 Å². The van der Waals surface area contributed by atoms with Gasteiger partial charge in [-0.3, -0.25) is 0 Å². The van der Waals surface area contributed by atoms with Gasteiger partial charge in [-0.2, -0.15) is 0 Å². The van der Waals surface area contributed by atoms with Crippen LogP contribution in [0.4, 0.5) is 14.4 Å². The lowest BCUT2D eigenvalue weighted by Crippen LogP contribution is -2.54. The Kier molecular flexibility index (Phi) is 10.7. The van der Waals surface area contributed by atoms with Gasteiger partial charge in [-0.1, -0.05) is 38.0 Å². The molecule has 1 fully saturated rings. The summed E-state index contributed by atoms with van der Waals surface area (Å²) in [4.78, 5) is 48.2. The van der Waals surface area contributed by atoms with Crippen LogP contribution in [0.3, 0.4) is 0 Å². The first-order valence-corrected chi connectivity index (χ1v) is 9.25. The average molecular weight is 442 g/mol. The van der Waals surface area contributed by atoms with Crippen LogP contribution in [-0.4, -0.2) is 69.2 Å². The number of hydrogen-bond donors (Lipinski definition) is 0. The van der Waals surface area contributed by atoms with Crippen molar-refractivity contribution < 1.29 is 52.3 Å². The first-order chi connectivity index (χ1) is 14.8. The van der Waals surface area contributed by atoms with Crippen LogP contribution < -0.4 is 0 Å². The van der Waals surface area contributed by atoms with Crippen molar-refractivity contribution >= 4 is 24.4 Å².